The SMILES string of the molecule is CC1(C)C[C@@H]1C(=O)OCCBr. The molecule has 0 unspecified atom stereocenters. The molecule has 1 saturated carbocycles. The summed E-state index contributed by atoms with van der Waals surface area (Å²) in [5, 5.41) is 0.728. The largest absolute Gasteiger partial charge is 0.465 e. The molecular formula is C8H13BrO2. The van der Waals surface area contributed by atoms with E-state index in [1.807, 2.05) is 0 Å². The molecular weight excluding hydrogens is 208 g/mol. The van der Waals surface area contributed by atoms with E-state index >= 15 is 0 Å². The number of hydrogen-bond donors (Lipinski definition) is 0. The number of halogens is 1. The molecule has 0 aromatic rings. The number of esters is 1. The Hall–Kier alpha value is -0.0500. The maximum absolute atomic E-state index is 11.1. The predicted octanol–water partition coefficient (Wildman–Crippen LogP) is 1.97. The zero-order chi connectivity index (χ0) is 8.48. The third kappa shape index (κ3) is 2.19. The van der Waals surface area contributed by atoms with Gasteiger partial charge in [-0.1, -0.05) is 29.8 Å². The van der Waals surface area contributed by atoms with Crippen LogP contribution in [0.5, 0.6) is 0 Å². The maximum Gasteiger partial charge on any atom is 0.309 e. The molecule has 1 atom stereocenters. The van der Waals surface area contributed by atoms with Crippen molar-refractivity contribution < 1.29 is 9.53 Å². The molecule has 1 fully saturated rings. The van der Waals surface area contributed by atoms with Crippen molar-refractivity contribution >= 4 is 21.9 Å². The van der Waals surface area contributed by atoms with Gasteiger partial charge in [-0.05, 0) is 11.8 Å². The highest BCUT2D eigenvalue weighted by molar-refractivity contribution is 9.09. The van der Waals surface area contributed by atoms with Crippen LogP contribution in [0.3, 0.4) is 0 Å². The van der Waals surface area contributed by atoms with Gasteiger partial charge in [0.25, 0.3) is 0 Å². The van der Waals surface area contributed by atoms with Crippen molar-refractivity contribution in [3.63, 3.8) is 0 Å². The third-order valence-electron chi connectivity index (χ3n) is 2.12. The monoisotopic (exact) mass is 220 g/mol. The maximum atomic E-state index is 11.1. The van der Waals surface area contributed by atoms with E-state index in [9.17, 15) is 4.79 Å². The van der Waals surface area contributed by atoms with Gasteiger partial charge in [0.05, 0.1) is 5.92 Å². The first-order chi connectivity index (χ1) is 5.08. The second-order valence-corrected chi connectivity index (χ2v) is 4.39. The van der Waals surface area contributed by atoms with Crippen molar-refractivity contribution in [2.75, 3.05) is 11.9 Å². The van der Waals surface area contributed by atoms with Crippen molar-refractivity contribution in [3.05, 3.63) is 0 Å². The number of carbonyl (C=O) groups is 1. The van der Waals surface area contributed by atoms with Gasteiger partial charge >= 0.3 is 5.97 Å². The zero-order valence-electron chi connectivity index (χ0n) is 6.89. The Morgan fingerprint density at radius 2 is 2.27 bits per heavy atom. The van der Waals surface area contributed by atoms with E-state index in [0.717, 1.165) is 11.8 Å². The van der Waals surface area contributed by atoms with Crippen molar-refractivity contribution in [2.24, 2.45) is 11.3 Å². The quantitative estimate of drug-likeness (QED) is 0.538. The molecule has 0 heterocycles. The van der Waals surface area contributed by atoms with Crippen LogP contribution in [0.15, 0.2) is 0 Å². The second kappa shape index (κ2) is 3.13. The number of ether oxygens (including phenoxy) is 1. The van der Waals surface area contributed by atoms with Gasteiger partial charge in [-0.3, -0.25) is 4.79 Å². The van der Waals surface area contributed by atoms with Crippen LogP contribution in [0.2, 0.25) is 0 Å². The van der Waals surface area contributed by atoms with E-state index < -0.39 is 0 Å². The lowest BCUT2D eigenvalue weighted by Gasteiger charge is -2.03. The number of hydrogen-bond acceptors (Lipinski definition) is 2. The van der Waals surface area contributed by atoms with E-state index in [0.29, 0.717) is 6.61 Å². The molecule has 0 N–H and O–H groups in total. The van der Waals surface area contributed by atoms with Gasteiger partial charge in [0.15, 0.2) is 0 Å². The van der Waals surface area contributed by atoms with Gasteiger partial charge in [-0.25, -0.2) is 0 Å². The predicted molar refractivity (Wildman–Crippen MR) is 46.6 cm³/mol. The summed E-state index contributed by atoms with van der Waals surface area (Å²) in [6.45, 7) is 4.67. The van der Waals surface area contributed by atoms with E-state index in [1.54, 1.807) is 0 Å². The molecule has 3 heteroatoms. The van der Waals surface area contributed by atoms with Crippen LogP contribution in [0.25, 0.3) is 0 Å². The molecule has 0 aromatic carbocycles. The summed E-state index contributed by atoms with van der Waals surface area (Å²) < 4.78 is 4.96. The highest BCUT2D eigenvalue weighted by Gasteiger charge is 2.51. The average molecular weight is 221 g/mol. The number of rotatable bonds is 3. The van der Waals surface area contributed by atoms with E-state index in [-0.39, 0.29) is 17.3 Å². The van der Waals surface area contributed by atoms with Crippen LogP contribution >= 0.6 is 15.9 Å². The van der Waals surface area contributed by atoms with Crippen LogP contribution < -0.4 is 0 Å². The fourth-order valence-electron chi connectivity index (χ4n) is 1.11. The topological polar surface area (TPSA) is 26.3 Å². The lowest BCUT2D eigenvalue weighted by molar-refractivity contribution is -0.145. The Kier molecular flexibility index (Phi) is 2.58. The fraction of sp³-hybridized carbons (Fsp3) is 0.875. The molecule has 1 aliphatic rings. The molecule has 1 aliphatic carbocycles. The van der Waals surface area contributed by atoms with Crippen LogP contribution in [0, 0.1) is 11.3 Å². The summed E-state index contributed by atoms with van der Waals surface area (Å²) in [5.41, 5.74) is 0.198. The minimum atomic E-state index is -0.0329. The first-order valence-corrected chi connectivity index (χ1v) is 4.92. The Bertz CT molecular complexity index is 165. The van der Waals surface area contributed by atoms with Crippen molar-refractivity contribution in [1.82, 2.24) is 0 Å². The number of alkyl halides is 1. The van der Waals surface area contributed by atoms with Crippen LogP contribution in [0.1, 0.15) is 20.3 Å². The van der Waals surface area contributed by atoms with E-state index in [1.165, 1.54) is 0 Å². The highest BCUT2D eigenvalue weighted by Crippen LogP contribution is 2.52. The highest BCUT2D eigenvalue weighted by atomic mass is 79.9. The van der Waals surface area contributed by atoms with Gasteiger partial charge in [0.2, 0.25) is 0 Å². The second-order valence-electron chi connectivity index (χ2n) is 3.60. The summed E-state index contributed by atoms with van der Waals surface area (Å²) >= 11 is 3.20. The van der Waals surface area contributed by atoms with Gasteiger partial charge in [-0.15, -0.1) is 0 Å². The van der Waals surface area contributed by atoms with E-state index in [4.69, 9.17) is 4.74 Å². The minimum absolute atomic E-state index is 0.0329. The Labute approximate surface area is 75.4 Å². The molecule has 0 amide bonds. The molecule has 11 heavy (non-hydrogen) atoms. The van der Waals surface area contributed by atoms with Crippen molar-refractivity contribution in [3.8, 4) is 0 Å². The first-order valence-electron chi connectivity index (χ1n) is 3.80. The fourth-order valence-corrected chi connectivity index (χ4v) is 1.27. The van der Waals surface area contributed by atoms with Crippen LogP contribution in [-0.2, 0) is 9.53 Å². The molecule has 0 bridgehead atoms. The molecule has 0 aliphatic heterocycles. The van der Waals surface area contributed by atoms with Crippen molar-refractivity contribution in [1.29, 1.82) is 0 Å². The van der Waals surface area contributed by atoms with Crippen LogP contribution in [0.4, 0.5) is 0 Å². The summed E-state index contributed by atoms with van der Waals surface area (Å²) in [6, 6.07) is 0. The summed E-state index contributed by atoms with van der Waals surface area (Å²) in [7, 11) is 0. The van der Waals surface area contributed by atoms with E-state index in [2.05, 4.69) is 29.8 Å². The van der Waals surface area contributed by atoms with Gasteiger partial charge in [0.1, 0.15) is 6.61 Å². The third-order valence-corrected chi connectivity index (χ3v) is 2.44. The standard InChI is InChI=1S/C8H13BrO2/c1-8(2)5-6(8)7(10)11-4-3-9/h6H,3-5H2,1-2H3/t6-/m1/s1. The Balaban J connectivity index is 2.23. The van der Waals surface area contributed by atoms with Crippen LogP contribution in [-0.4, -0.2) is 17.9 Å². The lowest BCUT2D eigenvalue weighted by atomic mass is 10.1. The normalized spacial score (nSPS) is 26.3. The molecule has 2 nitrogen and oxygen atoms in total. The molecule has 0 saturated heterocycles. The first kappa shape index (κ1) is 9.04. The molecule has 0 spiro atoms. The Morgan fingerprint density at radius 1 is 1.73 bits per heavy atom. The zero-order valence-corrected chi connectivity index (χ0v) is 8.48. The lowest BCUT2D eigenvalue weighted by Crippen LogP contribution is -2.11. The van der Waals surface area contributed by atoms with Crippen molar-refractivity contribution in [2.45, 2.75) is 20.3 Å². The van der Waals surface area contributed by atoms with Gasteiger partial charge < -0.3 is 4.74 Å². The molecule has 64 valence electrons. The Morgan fingerprint density at radius 3 is 2.64 bits per heavy atom. The number of carbonyl (C=O) groups excluding carboxylic acids is 1. The average Bonchev–Trinajstić information content (AvgIpc) is 2.55. The molecule has 0 radical (unpaired) electrons. The summed E-state index contributed by atoms with van der Waals surface area (Å²) in [5.74, 6) is 0.121. The molecule has 0 aromatic heterocycles. The smallest absolute Gasteiger partial charge is 0.309 e. The summed E-state index contributed by atoms with van der Waals surface area (Å²) in [4.78, 5) is 11.1. The summed E-state index contributed by atoms with van der Waals surface area (Å²) in [6.07, 6.45) is 0.980. The molecule has 1 rings (SSSR count). The minimum Gasteiger partial charge on any atom is -0.465 e. The van der Waals surface area contributed by atoms with Gasteiger partial charge in [-0.2, -0.15) is 0 Å². The van der Waals surface area contributed by atoms with Gasteiger partial charge in [0, 0.05) is 5.33 Å².